The van der Waals surface area contributed by atoms with E-state index in [4.69, 9.17) is 4.74 Å². The van der Waals surface area contributed by atoms with Gasteiger partial charge in [-0.15, -0.1) is 0 Å². The molecule has 0 radical (unpaired) electrons. The van der Waals surface area contributed by atoms with Crippen LogP contribution in [0.2, 0.25) is 0 Å². The third kappa shape index (κ3) is 5.24. The molecule has 1 aromatic heterocycles. The van der Waals surface area contributed by atoms with Crippen LogP contribution >= 0.6 is 0 Å². The van der Waals surface area contributed by atoms with Crippen molar-refractivity contribution in [3.8, 4) is 5.75 Å². The number of hydrogen-bond acceptors (Lipinski definition) is 5. The molecule has 0 aliphatic carbocycles. The molecule has 4 aromatic rings. The molecule has 0 bridgehead atoms. The molecular formula is C27H27NO4S. The molecule has 3 aromatic carbocycles. The number of para-hydroxylation sites is 1. The van der Waals surface area contributed by atoms with Gasteiger partial charge < -0.3 is 9.84 Å². The van der Waals surface area contributed by atoms with E-state index in [-0.39, 0.29) is 4.90 Å². The second-order valence-corrected chi connectivity index (χ2v) is 10.6. The first kappa shape index (κ1) is 23.0. The number of hydrogen-bond donors (Lipinski definition) is 1. The molecule has 0 saturated heterocycles. The zero-order chi connectivity index (χ0) is 23.6. The van der Waals surface area contributed by atoms with Crippen LogP contribution < -0.4 is 4.74 Å². The summed E-state index contributed by atoms with van der Waals surface area (Å²) >= 11 is 0. The zero-order valence-corrected chi connectivity index (χ0v) is 19.8. The molecule has 0 amide bonds. The van der Waals surface area contributed by atoms with Gasteiger partial charge in [0.2, 0.25) is 0 Å². The van der Waals surface area contributed by atoms with Crippen molar-refractivity contribution in [2.45, 2.75) is 37.9 Å². The van der Waals surface area contributed by atoms with Crippen molar-refractivity contribution in [3.05, 3.63) is 101 Å². The molecule has 5 nitrogen and oxygen atoms in total. The molecule has 33 heavy (non-hydrogen) atoms. The first-order valence-electron chi connectivity index (χ1n) is 10.7. The molecule has 1 heterocycles. The Morgan fingerprint density at radius 1 is 0.939 bits per heavy atom. The molecule has 0 saturated carbocycles. The Morgan fingerprint density at radius 3 is 2.30 bits per heavy atom. The summed E-state index contributed by atoms with van der Waals surface area (Å²) < 4.78 is 31.8. The minimum absolute atomic E-state index is 0.146. The lowest BCUT2D eigenvalue weighted by molar-refractivity contribution is 0.0819. The molecule has 0 aliphatic rings. The van der Waals surface area contributed by atoms with Crippen LogP contribution in [0, 0.1) is 13.8 Å². The van der Waals surface area contributed by atoms with Crippen molar-refractivity contribution in [3.63, 3.8) is 0 Å². The Hall–Kier alpha value is -3.22. The first-order valence-corrected chi connectivity index (χ1v) is 12.4. The SMILES string of the molecule is Cc1ccc(C(C)(O)CS(=O)(=O)c2ccc(OCc3cc(C)nc4ccccc34)cc2)cc1. The lowest BCUT2D eigenvalue weighted by Crippen LogP contribution is -2.31. The molecule has 4 rings (SSSR count). The summed E-state index contributed by atoms with van der Waals surface area (Å²) in [4.78, 5) is 4.69. The van der Waals surface area contributed by atoms with Crippen molar-refractivity contribution in [2.75, 3.05) is 5.75 Å². The summed E-state index contributed by atoms with van der Waals surface area (Å²) in [5.41, 5.74) is 2.96. The highest BCUT2D eigenvalue weighted by atomic mass is 32.2. The Balaban J connectivity index is 1.48. The zero-order valence-electron chi connectivity index (χ0n) is 18.9. The fourth-order valence-electron chi connectivity index (χ4n) is 3.87. The van der Waals surface area contributed by atoms with Crippen LogP contribution in [0.5, 0.6) is 5.75 Å². The Labute approximate surface area is 194 Å². The summed E-state index contributed by atoms with van der Waals surface area (Å²) in [5, 5.41) is 11.9. The van der Waals surface area contributed by atoms with Crippen molar-refractivity contribution < 1.29 is 18.3 Å². The molecule has 1 atom stereocenters. The number of fused-ring (bicyclic) bond motifs is 1. The number of pyridine rings is 1. The number of aliphatic hydroxyl groups is 1. The van der Waals surface area contributed by atoms with Gasteiger partial charge in [-0.2, -0.15) is 0 Å². The standard InChI is InChI=1S/C27H27NO4S/c1-19-8-10-22(11-9-19)27(3,29)18-33(30,31)24-14-12-23(13-15-24)32-17-21-16-20(2)28-26-7-5-4-6-25(21)26/h4-16,29H,17-18H2,1-3H3. The maximum absolute atomic E-state index is 13.0. The molecular weight excluding hydrogens is 434 g/mol. The lowest BCUT2D eigenvalue weighted by Gasteiger charge is -2.24. The van der Waals surface area contributed by atoms with E-state index >= 15 is 0 Å². The monoisotopic (exact) mass is 461 g/mol. The van der Waals surface area contributed by atoms with Gasteiger partial charge in [0.05, 0.1) is 16.2 Å². The van der Waals surface area contributed by atoms with E-state index in [1.807, 2.05) is 56.3 Å². The smallest absolute Gasteiger partial charge is 0.181 e. The molecule has 1 N–H and O–H groups in total. The van der Waals surface area contributed by atoms with E-state index in [0.29, 0.717) is 17.9 Å². The van der Waals surface area contributed by atoms with Crippen molar-refractivity contribution in [2.24, 2.45) is 0 Å². The summed E-state index contributed by atoms with van der Waals surface area (Å²) in [5.74, 6) is 0.156. The molecule has 0 fully saturated rings. The van der Waals surface area contributed by atoms with Crippen molar-refractivity contribution in [1.29, 1.82) is 0 Å². The van der Waals surface area contributed by atoms with Crippen LogP contribution in [-0.4, -0.2) is 24.3 Å². The second-order valence-electron chi connectivity index (χ2n) is 8.60. The maximum atomic E-state index is 13.0. The highest BCUT2D eigenvalue weighted by molar-refractivity contribution is 7.91. The number of benzene rings is 3. The number of aromatic nitrogens is 1. The van der Waals surface area contributed by atoms with E-state index in [1.165, 1.54) is 19.1 Å². The van der Waals surface area contributed by atoms with Gasteiger partial charge in [-0.3, -0.25) is 4.98 Å². The quantitative estimate of drug-likeness (QED) is 0.414. The van der Waals surface area contributed by atoms with Crippen LogP contribution in [0.3, 0.4) is 0 Å². The summed E-state index contributed by atoms with van der Waals surface area (Å²) in [7, 11) is -3.71. The van der Waals surface area contributed by atoms with E-state index in [0.717, 1.165) is 27.7 Å². The fraction of sp³-hybridized carbons (Fsp3) is 0.222. The van der Waals surface area contributed by atoms with Gasteiger partial charge in [0.15, 0.2) is 9.84 Å². The largest absolute Gasteiger partial charge is 0.489 e. The van der Waals surface area contributed by atoms with Gasteiger partial charge in [-0.1, -0.05) is 48.0 Å². The molecule has 6 heteroatoms. The van der Waals surface area contributed by atoms with Gasteiger partial charge in [0, 0.05) is 16.6 Å². The highest BCUT2D eigenvalue weighted by Gasteiger charge is 2.31. The van der Waals surface area contributed by atoms with Crippen molar-refractivity contribution in [1.82, 2.24) is 4.98 Å². The number of nitrogens with zero attached hydrogens (tertiary/aromatic N) is 1. The molecule has 0 aliphatic heterocycles. The topological polar surface area (TPSA) is 76.5 Å². The van der Waals surface area contributed by atoms with Crippen LogP contribution in [0.15, 0.2) is 83.8 Å². The van der Waals surface area contributed by atoms with Crippen LogP contribution in [0.25, 0.3) is 10.9 Å². The van der Waals surface area contributed by atoms with E-state index < -0.39 is 21.2 Å². The lowest BCUT2D eigenvalue weighted by atomic mass is 9.97. The number of aryl methyl sites for hydroxylation is 2. The van der Waals surface area contributed by atoms with Gasteiger partial charge in [0.1, 0.15) is 18.0 Å². The Bertz CT molecular complexity index is 1380. The highest BCUT2D eigenvalue weighted by Crippen LogP contribution is 2.27. The average molecular weight is 462 g/mol. The number of sulfone groups is 1. The predicted octanol–water partition coefficient (Wildman–Crippen LogP) is 5.11. The minimum atomic E-state index is -3.71. The number of ether oxygens (including phenoxy) is 1. The third-order valence-electron chi connectivity index (χ3n) is 5.65. The average Bonchev–Trinajstić information content (AvgIpc) is 2.77. The summed E-state index contributed by atoms with van der Waals surface area (Å²) in [6.45, 7) is 5.75. The van der Waals surface area contributed by atoms with Gasteiger partial charge in [-0.05, 0) is 62.7 Å². The second kappa shape index (κ2) is 8.96. The van der Waals surface area contributed by atoms with Crippen LogP contribution in [0.1, 0.15) is 29.3 Å². The van der Waals surface area contributed by atoms with Gasteiger partial charge >= 0.3 is 0 Å². The Morgan fingerprint density at radius 2 is 1.61 bits per heavy atom. The molecule has 1 unspecified atom stereocenters. The number of rotatable bonds is 7. The summed E-state index contributed by atoms with van der Waals surface area (Å²) in [6, 6.07) is 23.4. The summed E-state index contributed by atoms with van der Waals surface area (Å²) in [6.07, 6.45) is 0. The predicted molar refractivity (Wildman–Crippen MR) is 130 cm³/mol. The van der Waals surface area contributed by atoms with Crippen molar-refractivity contribution >= 4 is 20.7 Å². The van der Waals surface area contributed by atoms with Gasteiger partial charge in [0.25, 0.3) is 0 Å². The molecule has 170 valence electrons. The van der Waals surface area contributed by atoms with Crippen LogP contribution in [-0.2, 0) is 22.0 Å². The van der Waals surface area contributed by atoms with Gasteiger partial charge in [-0.25, -0.2) is 8.42 Å². The van der Waals surface area contributed by atoms with E-state index in [1.54, 1.807) is 24.3 Å². The normalized spacial score (nSPS) is 13.6. The van der Waals surface area contributed by atoms with E-state index in [9.17, 15) is 13.5 Å². The van der Waals surface area contributed by atoms with E-state index in [2.05, 4.69) is 4.98 Å². The maximum Gasteiger partial charge on any atom is 0.181 e. The first-order chi connectivity index (χ1) is 15.6. The molecule has 0 spiro atoms. The third-order valence-corrected chi connectivity index (χ3v) is 7.58. The fourth-order valence-corrected chi connectivity index (χ4v) is 5.49. The minimum Gasteiger partial charge on any atom is -0.489 e. The van der Waals surface area contributed by atoms with Crippen LogP contribution in [0.4, 0.5) is 0 Å². The Kier molecular flexibility index (Phi) is 6.23.